The van der Waals surface area contributed by atoms with Gasteiger partial charge in [-0.3, -0.25) is 10.1 Å². The number of nitrogens with one attached hydrogen (secondary N) is 2. The second-order valence-corrected chi connectivity index (χ2v) is 6.65. The van der Waals surface area contributed by atoms with E-state index in [0.29, 0.717) is 27.2 Å². The zero-order valence-electron chi connectivity index (χ0n) is 13.6. The molecule has 134 valence electrons. The molecule has 3 rings (SSSR count). The van der Waals surface area contributed by atoms with Crippen LogP contribution in [0.2, 0.25) is 10.0 Å². The van der Waals surface area contributed by atoms with Crippen LogP contribution in [0.25, 0.3) is 6.08 Å². The number of amides is 1. The van der Waals surface area contributed by atoms with Crippen molar-refractivity contribution < 1.29 is 14.3 Å². The van der Waals surface area contributed by atoms with Gasteiger partial charge in [-0.1, -0.05) is 35.3 Å². The number of carbonyl (C=O) groups is 1. The highest BCUT2D eigenvalue weighted by Gasteiger charge is 2.20. The lowest BCUT2D eigenvalue weighted by molar-refractivity contribution is -0.115. The molecule has 0 spiro atoms. The molecule has 26 heavy (non-hydrogen) atoms. The molecule has 1 aliphatic rings. The summed E-state index contributed by atoms with van der Waals surface area (Å²) >= 11 is 17.0. The topological polar surface area (TPSA) is 59.6 Å². The minimum Gasteiger partial charge on any atom is -0.493 e. The smallest absolute Gasteiger partial charge is 0.273 e. The van der Waals surface area contributed by atoms with Crippen LogP contribution in [-0.2, 0) is 11.4 Å². The van der Waals surface area contributed by atoms with Gasteiger partial charge < -0.3 is 14.8 Å². The maximum atomic E-state index is 11.8. The van der Waals surface area contributed by atoms with Crippen molar-refractivity contribution in [2.75, 3.05) is 7.11 Å². The van der Waals surface area contributed by atoms with Crippen LogP contribution in [0.5, 0.6) is 11.5 Å². The normalized spacial score (nSPS) is 15.0. The fourth-order valence-electron chi connectivity index (χ4n) is 2.34. The van der Waals surface area contributed by atoms with E-state index in [-0.39, 0.29) is 17.6 Å². The molecule has 1 amide bonds. The molecule has 5 nitrogen and oxygen atoms in total. The van der Waals surface area contributed by atoms with Crippen molar-refractivity contribution in [1.29, 1.82) is 0 Å². The van der Waals surface area contributed by atoms with Crippen molar-refractivity contribution in [3.8, 4) is 11.5 Å². The lowest BCUT2D eigenvalue weighted by atomic mass is 10.1. The zero-order chi connectivity index (χ0) is 18.7. The number of carbonyl (C=O) groups excluding carboxylic acids is 1. The Morgan fingerprint density at radius 3 is 2.58 bits per heavy atom. The van der Waals surface area contributed by atoms with E-state index < -0.39 is 0 Å². The van der Waals surface area contributed by atoms with E-state index in [9.17, 15) is 4.79 Å². The first-order valence-electron chi connectivity index (χ1n) is 7.55. The van der Waals surface area contributed by atoms with Crippen LogP contribution >= 0.6 is 35.4 Å². The molecule has 1 saturated heterocycles. The summed E-state index contributed by atoms with van der Waals surface area (Å²) in [6.07, 6.45) is 1.68. The van der Waals surface area contributed by atoms with E-state index >= 15 is 0 Å². The molecule has 0 radical (unpaired) electrons. The minimum atomic E-state index is -0.277. The Balaban J connectivity index is 1.83. The average Bonchev–Trinajstić information content (AvgIpc) is 2.91. The summed E-state index contributed by atoms with van der Waals surface area (Å²) in [5.41, 5.74) is 1.92. The summed E-state index contributed by atoms with van der Waals surface area (Å²) in [6, 6.07) is 10.5. The molecule has 0 aliphatic carbocycles. The summed E-state index contributed by atoms with van der Waals surface area (Å²) in [4.78, 5) is 11.8. The molecule has 0 bridgehead atoms. The average molecular weight is 409 g/mol. The number of benzene rings is 2. The minimum absolute atomic E-state index is 0.245. The van der Waals surface area contributed by atoms with Crippen LogP contribution in [0, 0.1) is 0 Å². The van der Waals surface area contributed by atoms with Crippen LogP contribution in [0.15, 0.2) is 42.1 Å². The standard InChI is InChI=1S/C18H14Cl2N2O3S/c1-24-15-5-2-10(6-14-17(23)22-18(26)21-14)7-16(15)25-9-11-3-4-12(19)8-13(11)20/h2-8H,9H2,1H3,(H2,21,22,23,26)/b14-6+. The summed E-state index contributed by atoms with van der Waals surface area (Å²) in [7, 11) is 1.56. The molecule has 0 atom stereocenters. The van der Waals surface area contributed by atoms with Crippen LogP contribution < -0.4 is 20.1 Å². The van der Waals surface area contributed by atoms with Crippen LogP contribution in [-0.4, -0.2) is 18.1 Å². The van der Waals surface area contributed by atoms with Crippen molar-refractivity contribution >= 4 is 52.5 Å². The van der Waals surface area contributed by atoms with Gasteiger partial charge in [0, 0.05) is 15.6 Å². The van der Waals surface area contributed by atoms with Gasteiger partial charge in [-0.25, -0.2) is 0 Å². The predicted molar refractivity (Wildman–Crippen MR) is 106 cm³/mol. The highest BCUT2D eigenvalue weighted by molar-refractivity contribution is 7.80. The van der Waals surface area contributed by atoms with Gasteiger partial charge in [-0.15, -0.1) is 0 Å². The summed E-state index contributed by atoms with van der Waals surface area (Å²) in [5, 5.41) is 6.68. The number of hydrogen-bond donors (Lipinski definition) is 2. The Labute approximate surface area is 165 Å². The van der Waals surface area contributed by atoms with E-state index in [1.54, 1.807) is 43.5 Å². The fourth-order valence-corrected chi connectivity index (χ4v) is 3.00. The van der Waals surface area contributed by atoms with Gasteiger partial charge in [0.25, 0.3) is 5.91 Å². The van der Waals surface area contributed by atoms with E-state index in [1.807, 2.05) is 6.07 Å². The third kappa shape index (κ3) is 4.27. The summed E-state index contributed by atoms with van der Waals surface area (Å²) in [6.45, 7) is 0.245. The number of thiocarbonyl (C=S) groups is 1. The molecular weight excluding hydrogens is 395 g/mol. The highest BCUT2D eigenvalue weighted by Crippen LogP contribution is 2.31. The number of methoxy groups -OCH3 is 1. The van der Waals surface area contributed by atoms with Crippen molar-refractivity contribution in [3.05, 3.63) is 63.3 Å². The monoisotopic (exact) mass is 408 g/mol. The maximum absolute atomic E-state index is 11.8. The third-order valence-electron chi connectivity index (χ3n) is 3.62. The van der Waals surface area contributed by atoms with Gasteiger partial charge in [0.15, 0.2) is 16.6 Å². The second-order valence-electron chi connectivity index (χ2n) is 5.40. The lowest BCUT2D eigenvalue weighted by Gasteiger charge is -2.12. The largest absolute Gasteiger partial charge is 0.493 e. The Bertz CT molecular complexity index is 915. The molecule has 1 aliphatic heterocycles. The van der Waals surface area contributed by atoms with E-state index in [2.05, 4.69) is 10.6 Å². The van der Waals surface area contributed by atoms with Gasteiger partial charge >= 0.3 is 0 Å². The number of halogens is 2. The Morgan fingerprint density at radius 1 is 1.12 bits per heavy atom. The van der Waals surface area contributed by atoms with Crippen molar-refractivity contribution in [1.82, 2.24) is 10.6 Å². The van der Waals surface area contributed by atoms with Gasteiger partial charge in [-0.2, -0.15) is 0 Å². The molecule has 1 fully saturated rings. The number of rotatable bonds is 5. The maximum Gasteiger partial charge on any atom is 0.273 e. The SMILES string of the molecule is COc1ccc(/C=C2/NC(=S)NC2=O)cc1OCc1ccc(Cl)cc1Cl. The molecule has 0 unspecified atom stereocenters. The van der Waals surface area contributed by atoms with Gasteiger partial charge in [0.1, 0.15) is 12.3 Å². The van der Waals surface area contributed by atoms with Gasteiger partial charge in [-0.05, 0) is 48.1 Å². The lowest BCUT2D eigenvalue weighted by Crippen LogP contribution is -2.21. The molecule has 8 heteroatoms. The molecular formula is C18H14Cl2N2O3S. The molecule has 0 aromatic heterocycles. The van der Waals surface area contributed by atoms with Crippen molar-refractivity contribution in [3.63, 3.8) is 0 Å². The quantitative estimate of drug-likeness (QED) is 0.579. The summed E-state index contributed by atoms with van der Waals surface area (Å²) in [5.74, 6) is 0.812. The first-order valence-corrected chi connectivity index (χ1v) is 8.71. The van der Waals surface area contributed by atoms with E-state index in [4.69, 9.17) is 44.9 Å². The van der Waals surface area contributed by atoms with E-state index in [1.165, 1.54) is 0 Å². The Hall–Kier alpha value is -2.28. The number of ether oxygens (including phenoxy) is 2. The van der Waals surface area contributed by atoms with Gasteiger partial charge in [0.05, 0.1) is 7.11 Å². The zero-order valence-corrected chi connectivity index (χ0v) is 16.0. The van der Waals surface area contributed by atoms with Crippen LogP contribution in [0.4, 0.5) is 0 Å². The Kier molecular flexibility index (Phi) is 5.66. The second kappa shape index (κ2) is 7.95. The molecule has 2 aromatic rings. The molecule has 2 aromatic carbocycles. The fraction of sp³-hybridized carbons (Fsp3) is 0.111. The Morgan fingerprint density at radius 2 is 1.92 bits per heavy atom. The van der Waals surface area contributed by atoms with Crippen LogP contribution in [0.3, 0.4) is 0 Å². The van der Waals surface area contributed by atoms with Gasteiger partial charge in [0.2, 0.25) is 0 Å². The molecule has 0 saturated carbocycles. The first kappa shape index (κ1) is 18.5. The highest BCUT2D eigenvalue weighted by atomic mass is 35.5. The van der Waals surface area contributed by atoms with Crippen molar-refractivity contribution in [2.45, 2.75) is 6.61 Å². The molecule has 2 N–H and O–H groups in total. The summed E-state index contributed by atoms with van der Waals surface area (Å²) < 4.78 is 11.2. The number of hydrogen-bond acceptors (Lipinski definition) is 4. The van der Waals surface area contributed by atoms with E-state index in [0.717, 1.165) is 11.1 Å². The predicted octanol–water partition coefficient (Wildman–Crippen LogP) is 3.93. The van der Waals surface area contributed by atoms with Crippen molar-refractivity contribution in [2.24, 2.45) is 0 Å². The molecule has 1 heterocycles. The first-order chi connectivity index (χ1) is 12.5. The third-order valence-corrected chi connectivity index (χ3v) is 4.41. The van der Waals surface area contributed by atoms with Crippen LogP contribution in [0.1, 0.15) is 11.1 Å².